The lowest BCUT2D eigenvalue weighted by Gasteiger charge is -2.24. The Labute approximate surface area is 129 Å². The number of methoxy groups -OCH3 is 2. The fourth-order valence-electron chi connectivity index (χ4n) is 2.26. The van der Waals surface area contributed by atoms with Gasteiger partial charge in [-0.3, -0.25) is 4.79 Å². The van der Waals surface area contributed by atoms with Gasteiger partial charge in [-0.1, -0.05) is 0 Å². The molecule has 1 fully saturated rings. The highest BCUT2D eigenvalue weighted by atomic mass is 16.5. The van der Waals surface area contributed by atoms with Crippen LogP contribution in [0.3, 0.4) is 0 Å². The molecule has 22 heavy (non-hydrogen) atoms. The largest absolute Gasteiger partial charge is 0.497 e. The number of rotatable bonds is 6. The van der Waals surface area contributed by atoms with Gasteiger partial charge in [-0.25, -0.2) is 0 Å². The molecule has 1 aromatic carbocycles. The van der Waals surface area contributed by atoms with E-state index in [0.29, 0.717) is 36.8 Å². The van der Waals surface area contributed by atoms with E-state index in [2.05, 4.69) is 10.6 Å². The molecule has 2 rings (SSSR count). The van der Waals surface area contributed by atoms with Crippen LogP contribution in [0.1, 0.15) is 11.7 Å². The molecule has 0 radical (unpaired) electrons. The Bertz CT molecular complexity index is 503. The minimum atomic E-state index is -0.890. The van der Waals surface area contributed by atoms with Gasteiger partial charge in [0.2, 0.25) is 5.91 Å². The highest BCUT2D eigenvalue weighted by Gasteiger charge is 2.22. The molecule has 0 aliphatic carbocycles. The van der Waals surface area contributed by atoms with E-state index in [4.69, 9.17) is 14.2 Å². The number of morpholine rings is 1. The van der Waals surface area contributed by atoms with Gasteiger partial charge in [0.05, 0.1) is 33.5 Å². The number of benzene rings is 1. The van der Waals surface area contributed by atoms with E-state index >= 15 is 0 Å². The molecule has 2 unspecified atom stereocenters. The second-order valence-electron chi connectivity index (χ2n) is 4.95. The summed E-state index contributed by atoms with van der Waals surface area (Å²) in [4.78, 5) is 12.0. The van der Waals surface area contributed by atoms with E-state index in [9.17, 15) is 9.90 Å². The minimum Gasteiger partial charge on any atom is -0.497 e. The molecule has 7 heteroatoms. The smallest absolute Gasteiger partial charge is 0.239 e. The lowest BCUT2D eigenvalue weighted by atomic mass is 10.1. The molecular formula is C15H22N2O5. The number of amides is 1. The zero-order valence-electron chi connectivity index (χ0n) is 12.8. The summed E-state index contributed by atoms with van der Waals surface area (Å²) in [6.07, 6.45) is -0.890. The molecule has 0 spiro atoms. The molecule has 2 atom stereocenters. The predicted octanol–water partition coefficient (Wildman–Crippen LogP) is -0.158. The summed E-state index contributed by atoms with van der Waals surface area (Å²) in [7, 11) is 3.08. The van der Waals surface area contributed by atoms with Gasteiger partial charge in [0, 0.05) is 18.7 Å². The number of ether oxygens (including phenoxy) is 3. The molecule has 1 aliphatic heterocycles. The second-order valence-corrected chi connectivity index (χ2v) is 4.95. The first-order chi connectivity index (χ1) is 10.7. The standard InChI is InChI=1S/C15H22N2O5/c1-20-10-3-4-14(21-2)11(7-10)13(18)8-17-15(19)12-9-22-6-5-16-12/h3-4,7,12-13,16,18H,5-6,8-9H2,1-2H3,(H,17,19). The van der Waals surface area contributed by atoms with Crippen molar-refractivity contribution in [1.29, 1.82) is 0 Å². The van der Waals surface area contributed by atoms with Crippen LogP contribution in [0.2, 0.25) is 0 Å². The molecule has 1 amide bonds. The van der Waals surface area contributed by atoms with Gasteiger partial charge in [-0.2, -0.15) is 0 Å². The summed E-state index contributed by atoms with van der Waals surface area (Å²) in [6.45, 7) is 1.67. The molecule has 0 bridgehead atoms. The van der Waals surface area contributed by atoms with E-state index < -0.39 is 6.10 Å². The first-order valence-electron chi connectivity index (χ1n) is 7.14. The van der Waals surface area contributed by atoms with Crippen LogP contribution in [0.4, 0.5) is 0 Å². The molecule has 0 aromatic heterocycles. The normalized spacial score (nSPS) is 19.3. The van der Waals surface area contributed by atoms with Crippen molar-refractivity contribution in [3.8, 4) is 11.5 Å². The van der Waals surface area contributed by atoms with Crippen molar-refractivity contribution in [1.82, 2.24) is 10.6 Å². The minimum absolute atomic E-state index is 0.0839. The highest BCUT2D eigenvalue weighted by Crippen LogP contribution is 2.29. The van der Waals surface area contributed by atoms with Crippen LogP contribution in [-0.4, -0.2) is 57.6 Å². The maximum Gasteiger partial charge on any atom is 0.239 e. The molecule has 1 heterocycles. The van der Waals surface area contributed by atoms with Crippen molar-refractivity contribution in [2.75, 3.05) is 40.5 Å². The Kier molecular flexibility index (Phi) is 6.00. The number of hydrogen-bond donors (Lipinski definition) is 3. The lowest BCUT2D eigenvalue weighted by molar-refractivity contribution is -0.126. The van der Waals surface area contributed by atoms with E-state index in [1.54, 1.807) is 25.3 Å². The van der Waals surface area contributed by atoms with Crippen molar-refractivity contribution in [2.24, 2.45) is 0 Å². The number of nitrogens with one attached hydrogen (secondary N) is 2. The maximum absolute atomic E-state index is 12.0. The quantitative estimate of drug-likeness (QED) is 0.677. The molecule has 3 N–H and O–H groups in total. The Morgan fingerprint density at radius 3 is 2.95 bits per heavy atom. The van der Waals surface area contributed by atoms with Gasteiger partial charge in [-0.05, 0) is 18.2 Å². The SMILES string of the molecule is COc1ccc(OC)c(C(O)CNC(=O)C2COCCN2)c1. The van der Waals surface area contributed by atoms with Crippen molar-refractivity contribution in [3.05, 3.63) is 23.8 Å². The number of carbonyl (C=O) groups is 1. The topological polar surface area (TPSA) is 89.0 Å². The number of aliphatic hydroxyl groups excluding tert-OH is 1. The molecule has 0 saturated carbocycles. The van der Waals surface area contributed by atoms with Crippen LogP contribution >= 0.6 is 0 Å². The highest BCUT2D eigenvalue weighted by molar-refractivity contribution is 5.82. The van der Waals surface area contributed by atoms with Crippen LogP contribution < -0.4 is 20.1 Å². The van der Waals surface area contributed by atoms with E-state index in [1.165, 1.54) is 7.11 Å². The summed E-state index contributed by atoms with van der Waals surface area (Å²) in [6, 6.07) is 4.78. The maximum atomic E-state index is 12.0. The summed E-state index contributed by atoms with van der Waals surface area (Å²) in [5.41, 5.74) is 0.565. The van der Waals surface area contributed by atoms with Crippen LogP contribution in [0.5, 0.6) is 11.5 Å². The van der Waals surface area contributed by atoms with Gasteiger partial charge in [0.25, 0.3) is 0 Å². The Hall–Kier alpha value is -1.83. The number of aliphatic hydroxyl groups is 1. The summed E-state index contributed by atoms with van der Waals surface area (Å²) in [5.74, 6) is 0.964. The summed E-state index contributed by atoms with van der Waals surface area (Å²) in [5, 5.41) is 16.1. The number of hydrogen-bond acceptors (Lipinski definition) is 6. The molecule has 1 saturated heterocycles. The summed E-state index contributed by atoms with van der Waals surface area (Å²) >= 11 is 0. The van der Waals surface area contributed by atoms with Crippen molar-refractivity contribution in [3.63, 3.8) is 0 Å². The first-order valence-corrected chi connectivity index (χ1v) is 7.14. The van der Waals surface area contributed by atoms with E-state index in [1.807, 2.05) is 0 Å². The van der Waals surface area contributed by atoms with Gasteiger partial charge in [0.1, 0.15) is 17.5 Å². The van der Waals surface area contributed by atoms with E-state index in [0.717, 1.165) is 0 Å². The first kappa shape index (κ1) is 16.5. The average Bonchev–Trinajstić information content (AvgIpc) is 2.59. The van der Waals surface area contributed by atoms with Gasteiger partial charge < -0.3 is 30.0 Å². The van der Waals surface area contributed by atoms with Crippen molar-refractivity contribution >= 4 is 5.91 Å². The van der Waals surface area contributed by atoms with Crippen LogP contribution in [0.25, 0.3) is 0 Å². The number of carbonyl (C=O) groups excluding carboxylic acids is 1. The second kappa shape index (κ2) is 7.98. The van der Waals surface area contributed by atoms with Crippen LogP contribution in [0.15, 0.2) is 18.2 Å². The van der Waals surface area contributed by atoms with Crippen molar-refractivity contribution < 1.29 is 24.1 Å². The third-order valence-electron chi connectivity index (χ3n) is 3.50. The Morgan fingerprint density at radius 2 is 2.32 bits per heavy atom. The van der Waals surface area contributed by atoms with Crippen LogP contribution in [-0.2, 0) is 9.53 Å². The molecule has 1 aliphatic rings. The lowest BCUT2D eigenvalue weighted by Crippen LogP contribution is -2.51. The fraction of sp³-hybridized carbons (Fsp3) is 0.533. The fourth-order valence-corrected chi connectivity index (χ4v) is 2.26. The van der Waals surface area contributed by atoms with Crippen LogP contribution in [0, 0.1) is 0 Å². The Balaban J connectivity index is 1.96. The molecule has 1 aromatic rings. The van der Waals surface area contributed by atoms with Gasteiger partial charge in [0.15, 0.2) is 0 Å². The van der Waals surface area contributed by atoms with Gasteiger partial charge in [-0.15, -0.1) is 0 Å². The third-order valence-corrected chi connectivity index (χ3v) is 3.50. The van der Waals surface area contributed by atoms with Gasteiger partial charge >= 0.3 is 0 Å². The summed E-state index contributed by atoms with van der Waals surface area (Å²) < 4.78 is 15.6. The average molecular weight is 310 g/mol. The van der Waals surface area contributed by atoms with Crippen molar-refractivity contribution in [2.45, 2.75) is 12.1 Å². The van der Waals surface area contributed by atoms with E-state index in [-0.39, 0.29) is 18.5 Å². The molecular weight excluding hydrogens is 288 g/mol. The molecule has 122 valence electrons. The monoisotopic (exact) mass is 310 g/mol. The predicted molar refractivity (Wildman–Crippen MR) is 80.1 cm³/mol. The Morgan fingerprint density at radius 1 is 1.50 bits per heavy atom. The zero-order chi connectivity index (χ0) is 15.9. The zero-order valence-corrected chi connectivity index (χ0v) is 12.8. The third kappa shape index (κ3) is 4.09. The molecule has 7 nitrogen and oxygen atoms in total.